The molecule has 0 amide bonds. The fourth-order valence-electron chi connectivity index (χ4n) is 5.02. The highest BCUT2D eigenvalue weighted by Crippen LogP contribution is 2.72. The summed E-state index contributed by atoms with van der Waals surface area (Å²) in [5, 5.41) is 0. The zero-order chi connectivity index (χ0) is 13.0. The largest absolute Gasteiger partial charge is 0.467 e. The van der Waals surface area contributed by atoms with Crippen molar-refractivity contribution in [3.63, 3.8) is 0 Å². The van der Waals surface area contributed by atoms with Crippen LogP contribution in [-0.4, -0.2) is 31.8 Å². The molecule has 0 aromatic rings. The van der Waals surface area contributed by atoms with Crippen LogP contribution in [0.25, 0.3) is 0 Å². The van der Waals surface area contributed by atoms with Gasteiger partial charge in [-0.2, -0.15) is 0 Å². The summed E-state index contributed by atoms with van der Waals surface area (Å²) in [6.07, 6.45) is 4.68. The van der Waals surface area contributed by atoms with Crippen molar-refractivity contribution in [1.29, 1.82) is 0 Å². The molecule has 2 atom stereocenters. The minimum Gasteiger partial charge on any atom is -0.467 e. The van der Waals surface area contributed by atoms with Crippen LogP contribution in [0.5, 0.6) is 0 Å². The van der Waals surface area contributed by atoms with E-state index in [0.29, 0.717) is 5.41 Å². The summed E-state index contributed by atoms with van der Waals surface area (Å²) in [5.74, 6) is 2.10. The monoisotopic (exact) mass is 253 g/mol. The molecule has 3 saturated carbocycles. The van der Waals surface area contributed by atoms with E-state index in [1.807, 2.05) is 0 Å². The average molecular weight is 253 g/mol. The molecule has 102 valence electrons. The molecule has 0 heterocycles. The molecule has 0 saturated heterocycles. The molecule has 4 nitrogen and oxygen atoms in total. The van der Waals surface area contributed by atoms with Gasteiger partial charge in [0.2, 0.25) is 0 Å². The van der Waals surface area contributed by atoms with Crippen molar-refractivity contribution in [2.75, 3.05) is 20.3 Å². The summed E-state index contributed by atoms with van der Waals surface area (Å²) in [6, 6.07) is 0. The van der Waals surface area contributed by atoms with Crippen LogP contribution in [0.1, 0.15) is 32.6 Å². The Labute approximate surface area is 108 Å². The number of ether oxygens (including phenoxy) is 2. The molecule has 2 N–H and O–H groups in total. The number of carbonyl (C=O) groups is 1. The smallest absolute Gasteiger partial charge is 0.331 e. The van der Waals surface area contributed by atoms with Crippen LogP contribution in [0.3, 0.4) is 0 Å². The van der Waals surface area contributed by atoms with E-state index in [9.17, 15) is 4.79 Å². The van der Waals surface area contributed by atoms with E-state index in [-0.39, 0.29) is 18.2 Å². The van der Waals surface area contributed by atoms with Crippen molar-refractivity contribution >= 4 is 5.97 Å². The first-order valence-electron chi connectivity index (χ1n) is 6.93. The molecule has 0 spiro atoms. The maximum Gasteiger partial charge on any atom is 0.331 e. The molecule has 4 heteroatoms. The summed E-state index contributed by atoms with van der Waals surface area (Å²) in [4.78, 5) is 11.2. The maximum absolute atomic E-state index is 11.2. The van der Waals surface area contributed by atoms with E-state index >= 15 is 0 Å². The third kappa shape index (κ3) is 1.62. The zero-order valence-corrected chi connectivity index (χ0v) is 11.3. The second kappa shape index (κ2) is 3.94. The number of rotatable bonds is 4. The van der Waals surface area contributed by atoms with Crippen molar-refractivity contribution in [1.82, 2.24) is 0 Å². The highest BCUT2D eigenvalue weighted by atomic mass is 16.6. The molecule has 0 aliphatic heterocycles. The lowest BCUT2D eigenvalue weighted by Crippen LogP contribution is -2.69. The molecular weight excluding hydrogens is 230 g/mol. The molecule has 3 aliphatic carbocycles. The first-order chi connectivity index (χ1) is 8.52. The molecule has 3 rings (SSSR count). The van der Waals surface area contributed by atoms with Crippen LogP contribution in [0, 0.1) is 23.2 Å². The van der Waals surface area contributed by atoms with E-state index in [2.05, 4.69) is 11.7 Å². The molecular formula is C14H23NO3. The van der Waals surface area contributed by atoms with Gasteiger partial charge in [0, 0.05) is 0 Å². The number of hydrogen-bond donors (Lipinski definition) is 1. The molecule has 0 aromatic carbocycles. The fourth-order valence-corrected chi connectivity index (χ4v) is 5.02. The van der Waals surface area contributed by atoms with Crippen LogP contribution in [0.15, 0.2) is 0 Å². The van der Waals surface area contributed by atoms with Crippen molar-refractivity contribution in [2.45, 2.75) is 38.2 Å². The van der Waals surface area contributed by atoms with Gasteiger partial charge in [0.1, 0.15) is 6.61 Å². The Bertz CT molecular complexity index is 352. The molecule has 3 aliphatic rings. The third-order valence-electron chi connectivity index (χ3n) is 5.62. The summed E-state index contributed by atoms with van der Waals surface area (Å²) >= 11 is 0. The van der Waals surface area contributed by atoms with Gasteiger partial charge < -0.3 is 15.2 Å². The van der Waals surface area contributed by atoms with Gasteiger partial charge in [0.15, 0.2) is 0 Å². The summed E-state index contributed by atoms with van der Waals surface area (Å²) in [6.45, 7) is 3.08. The van der Waals surface area contributed by atoms with Gasteiger partial charge in [-0.05, 0) is 62.3 Å². The van der Waals surface area contributed by atoms with Crippen LogP contribution < -0.4 is 5.73 Å². The van der Waals surface area contributed by atoms with E-state index in [4.69, 9.17) is 10.5 Å². The predicted molar refractivity (Wildman–Crippen MR) is 66.8 cm³/mol. The maximum atomic E-state index is 11.2. The lowest BCUT2D eigenvalue weighted by atomic mass is 9.34. The first-order valence-corrected chi connectivity index (χ1v) is 6.93. The summed E-state index contributed by atoms with van der Waals surface area (Å²) in [7, 11) is 1.40. The first kappa shape index (κ1) is 12.4. The average Bonchev–Trinajstić information content (AvgIpc) is 2.30. The van der Waals surface area contributed by atoms with E-state index in [1.165, 1.54) is 20.0 Å². The van der Waals surface area contributed by atoms with Crippen molar-refractivity contribution in [3.05, 3.63) is 0 Å². The third-order valence-corrected chi connectivity index (χ3v) is 5.62. The van der Waals surface area contributed by atoms with Crippen LogP contribution in [0.4, 0.5) is 0 Å². The molecule has 0 radical (unpaired) electrons. The number of nitrogens with two attached hydrogens (primary N) is 1. The van der Waals surface area contributed by atoms with Crippen molar-refractivity contribution in [2.24, 2.45) is 28.9 Å². The fraction of sp³-hybridized carbons (Fsp3) is 0.929. The zero-order valence-electron chi connectivity index (χ0n) is 11.3. The molecule has 0 aromatic heterocycles. The van der Waals surface area contributed by atoms with E-state index in [0.717, 1.165) is 37.1 Å². The molecule has 18 heavy (non-hydrogen) atoms. The lowest BCUT2D eigenvalue weighted by Gasteiger charge is -2.72. The minimum absolute atomic E-state index is 0.0825. The second-order valence-corrected chi connectivity index (χ2v) is 6.74. The Morgan fingerprint density at radius 1 is 1.28 bits per heavy atom. The molecule has 3 fully saturated rings. The molecule has 2 unspecified atom stereocenters. The SMILES string of the molecule is COC(=O)COC1(C)CC2CC3(CN)CC(C1)C23. The van der Waals surface area contributed by atoms with Gasteiger partial charge in [0.25, 0.3) is 0 Å². The highest BCUT2D eigenvalue weighted by molar-refractivity contribution is 5.70. The number of hydrogen-bond acceptors (Lipinski definition) is 4. The van der Waals surface area contributed by atoms with Gasteiger partial charge in [-0.3, -0.25) is 0 Å². The van der Waals surface area contributed by atoms with Gasteiger partial charge in [-0.25, -0.2) is 4.79 Å². The minimum atomic E-state index is -0.281. The Hall–Kier alpha value is -0.610. The predicted octanol–water partition coefficient (Wildman–Crippen LogP) is 1.33. The van der Waals surface area contributed by atoms with E-state index in [1.54, 1.807) is 0 Å². The molecule has 0 bridgehead atoms. The van der Waals surface area contributed by atoms with Gasteiger partial charge in [0.05, 0.1) is 12.7 Å². The second-order valence-electron chi connectivity index (χ2n) is 6.74. The van der Waals surface area contributed by atoms with Gasteiger partial charge in [-0.1, -0.05) is 0 Å². The summed E-state index contributed by atoms with van der Waals surface area (Å²) in [5.41, 5.74) is 6.25. The Kier molecular flexibility index (Phi) is 2.72. The van der Waals surface area contributed by atoms with Crippen LogP contribution >= 0.6 is 0 Å². The number of esters is 1. The Morgan fingerprint density at radius 3 is 2.39 bits per heavy atom. The summed E-state index contributed by atoms with van der Waals surface area (Å²) < 4.78 is 10.5. The van der Waals surface area contributed by atoms with E-state index < -0.39 is 0 Å². The number of carbonyl (C=O) groups excluding carboxylic acids is 1. The number of methoxy groups -OCH3 is 1. The lowest BCUT2D eigenvalue weighted by molar-refractivity contribution is -0.250. The normalized spacial score (nSPS) is 48.7. The Balaban J connectivity index is 1.60. The quantitative estimate of drug-likeness (QED) is 0.768. The van der Waals surface area contributed by atoms with Gasteiger partial charge >= 0.3 is 5.97 Å². The van der Waals surface area contributed by atoms with Gasteiger partial charge in [-0.15, -0.1) is 0 Å². The topological polar surface area (TPSA) is 61.5 Å². The highest BCUT2D eigenvalue weighted by Gasteiger charge is 2.67. The standard InChI is InChI=1S/C14H23NO3/c1-13(18-7-11(16)17-2)3-9-5-14(8-15)6-10(4-13)12(9)14/h9-10,12H,3-8,15H2,1-2H3. The van der Waals surface area contributed by atoms with Crippen molar-refractivity contribution in [3.8, 4) is 0 Å². The van der Waals surface area contributed by atoms with Crippen LogP contribution in [0.2, 0.25) is 0 Å². The Morgan fingerprint density at radius 2 is 1.89 bits per heavy atom. The van der Waals surface area contributed by atoms with Crippen molar-refractivity contribution < 1.29 is 14.3 Å². The van der Waals surface area contributed by atoms with Crippen LogP contribution in [-0.2, 0) is 14.3 Å².